The molecule has 2 atom stereocenters. The van der Waals surface area contributed by atoms with Crippen LogP contribution in [0.25, 0.3) is 0 Å². The molecule has 0 amide bonds. The number of alkyl halides is 1. The van der Waals surface area contributed by atoms with Crippen LogP contribution in [-0.2, 0) is 9.53 Å². The van der Waals surface area contributed by atoms with Crippen LogP contribution in [0.1, 0.15) is 40.0 Å². The number of nitrogens with two attached hydrogens (primary N) is 1. The van der Waals surface area contributed by atoms with Crippen LogP contribution >= 0.6 is 12.4 Å². The Morgan fingerprint density at radius 1 is 1.41 bits per heavy atom. The van der Waals surface area contributed by atoms with Crippen LogP contribution < -0.4 is 5.73 Å². The first-order valence-electron chi connectivity index (χ1n) is 5.99. The average molecular weight is 270 g/mol. The van der Waals surface area contributed by atoms with E-state index in [9.17, 15) is 9.18 Å². The predicted molar refractivity (Wildman–Crippen MR) is 70.0 cm³/mol. The second-order valence-electron chi connectivity index (χ2n) is 4.62. The van der Waals surface area contributed by atoms with Gasteiger partial charge in [-0.05, 0) is 31.2 Å². The van der Waals surface area contributed by atoms with Gasteiger partial charge in [0, 0.05) is 6.42 Å². The largest absolute Gasteiger partial charge is 0.463 e. The van der Waals surface area contributed by atoms with E-state index in [1.54, 1.807) is 6.92 Å². The van der Waals surface area contributed by atoms with Gasteiger partial charge < -0.3 is 10.5 Å². The molecule has 17 heavy (non-hydrogen) atoms. The molecule has 0 aromatic heterocycles. The predicted octanol–water partition coefficient (Wildman–Crippen LogP) is 2.71. The maximum Gasteiger partial charge on any atom is 0.306 e. The van der Waals surface area contributed by atoms with Gasteiger partial charge in [-0.15, -0.1) is 12.4 Å². The molecule has 0 aliphatic heterocycles. The first kappa shape index (κ1) is 19.0. The lowest BCUT2D eigenvalue weighted by atomic mass is 9.94. The van der Waals surface area contributed by atoms with Crippen molar-refractivity contribution < 1.29 is 13.9 Å². The molecule has 0 aliphatic rings. The Kier molecular flexibility index (Phi) is 12.1. The molecule has 0 fully saturated rings. The fourth-order valence-corrected chi connectivity index (χ4v) is 1.53. The molecule has 0 aromatic carbocycles. The molecule has 0 aliphatic carbocycles. The van der Waals surface area contributed by atoms with E-state index in [1.807, 2.05) is 0 Å². The maximum absolute atomic E-state index is 12.8. The molecular weight excluding hydrogens is 245 g/mol. The highest BCUT2D eigenvalue weighted by molar-refractivity contribution is 5.85. The zero-order valence-corrected chi connectivity index (χ0v) is 11.8. The van der Waals surface area contributed by atoms with Gasteiger partial charge in [-0.2, -0.15) is 0 Å². The molecule has 0 rings (SSSR count). The van der Waals surface area contributed by atoms with Gasteiger partial charge in [0.15, 0.2) is 0 Å². The number of esters is 1. The Hall–Kier alpha value is -0.350. The van der Waals surface area contributed by atoms with Crippen LogP contribution in [-0.4, -0.2) is 25.3 Å². The Bertz CT molecular complexity index is 203. The summed E-state index contributed by atoms with van der Waals surface area (Å²) in [5, 5.41) is 0. The number of hydrogen-bond donors (Lipinski definition) is 1. The molecule has 0 bridgehead atoms. The first-order valence-corrected chi connectivity index (χ1v) is 5.99. The van der Waals surface area contributed by atoms with Gasteiger partial charge in [-0.25, -0.2) is 4.39 Å². The van der Waals surface area contributed by atoms with Gasteiger partial charge in [0.2, 0.25) is 0 Å². The number of carbonyl (C=O) groups is 1. The lowest BCUT2D eigenvalue weighted by Gasteiger charge is -2.16. The molecule has 5 heteroatoms. The molecule has 2 N–H and O–H groups in total. The van der Waals surface area contributed by atoms with Gasteiger partial charge in [0.05, 0.1) is 0 Å². The number of carbonyl (C=O) groups excluding carboxylic acids is 1. The quantitative estimate of drug-likeness (QED) is 0.690. The van der Waals surface area contributed by atoms with Crippen LogP contribution in [0.15, 0.2) is 0 Å². The molecule has 0 radical (unpaired) electrons. The van der Waals surface area contributed by atoms with Gasteiger partial charge in [0.25, 0.3) is 0 Å². The maximum atomic E-state index is 12.8. The van der Waals surface area contributed by atoms with Gasteiger partial charge in [0.1, 0.15) is 12.8 Å². The van der Waals surface area contributed by atoms with E-state index in [0.717, 1.165) is 6.42 Å². The molecule has 0 saturated carbocycles. The van der Waals surface area contributed by atoms with E-state index in [1.165, 1.54) is 0 Å². The van der Waals surface area contributed by atoms with E-state index in [4.69, 9.17) is 10.5 Å². The normalized spacial score (nSPS) is 14.0. The van der Waals surface area contributed by atoms with Crippen molar-refractivity contribution in [1.82, 2.24) is 0 Å². The van der Waals surface area contributed by atoms with Crippen molar-refractivity contribution >= 4 is 18.4 Å². The van der Waals surface area contributed by atoms with E-state index in [-0.39, 0.29) is 30.9 Å². The smallest absolute Gasteiger partial charge is 0.306 e. The monoisotopic (exact) mass is 269 g/mol. The van der Waals surface area contributed by atoms with E-state index >= 15 is 0 Å². The fourth-order valence-electron chi connectivity index (χ4n) is 1.53. The van der Waals surface area contributed by atoms with Crippen molar-refractivity contribution in [1.29, 1.82) is 0 Å². The molecule has 1 unspecified atom stereocenters. The summed E-state index contributed by atoms with van der Waals surface area (Å²) in [5.74, 6) is 0.310. The van der Waals surface area contributed by atoms with Crippen LogP contribution in [0.3, 0.4) is 0 Å². The molecule has 3 nitrogen and oxygen atoms in total. The summed E-state index contributed by atoms with van der Waals surface area (Å²) in [4.78, 5) is 11.4. The summed E-state index contributed by atoms with van der Waals surface area (Å²) in [5.41, 5.74) is 5.57. The average Bonchev–Trinajstić information content (AvgIpc) is 2.24. The molecule has 0 aromatic rings. The van der Waals surface area contributed by atoms with Crippen molar-refractivity contribution in [3.05, 3.63) is 0 Å². The van der Waals surface area contributed by atoms with Crippen LogP contribution in [0.5, 0.6) is 0 Å². The second-order valence-corrected chi connectivity index (χ2v) is 4.62. The summed E-state index contributed by atoms with van der Waals surface area (Å²) in [6.07, 6.45) is 0.522. The number of halogens is 2. The molecule has 0 saturated heterocycles. The van der Waals surface area contributed by atoms with Crippen molar-refractivity contribution in [2.45, 2.75) is 46.2 Å². The lowest BCUT2D eigenvalue weighted by Crippen LogP contribution is -2.22. The fraction of sp³-hybridized carbons (Fsp3) is 0.917. The molecule has 0 spiro atoms. The third-order valence-corrected chi connectivity index (χ3v) is 2.46. The third-order valence-electron chi connectivity index (χ3n) is 2.46. The van der Waals surface area contributed by atoms with Crippen molar-refractivity contribution in [3.63, 3.8) is 0 Å². The standard InChI is InChI=1S/C12H24FNO2.ClH/c1-4-11(13)8-16-12(15)6-10(7-14)5-9(2)3;/h9-11H,4-8,14H2,1-3H3;1H/t10-,11?;/m0./s1. The lowest BCUT2D eigenvalue weighted by molar-refractivity contribution is -0.146. The zero-order chi connectivity index (χ0) is 12.6. The van der Waals surface area contributed by atoms with Gasteiger partial charge >= 0.3 is 5.97 Å². The van der Waals surface area contributed by atoms with Crippen molar-refractivity contribution in [3.8, 4) is 0 Å². The van der Waals surface area contributed by atoms with Crippen LogP contribution in [0.2, 0.25) is 0 Å². The van der Waals surface area contributed by atoms with Crippen molar-refractivity contribution in [2.75, 3.05) is 13.2 Å². The van der Waals surface area contributed by atoms with Gasteiger partial charge in [-0.3, -0.25) is 4.79 Å². The topological polar surface area (TPSA) is 52.3 Å². The highest BCUT2D eigenvalue weighted by Gasteiger charge is 2.16. The highest BCUT2D eigenvalue weighted by atomic mass is 35.5. The van der Waals surface area contributed by atoms with Crippen LogP contribution in [0.4, 0.5) is 4.39 Å². The molecule has 104 valence electrons. The number of hydrogen-bond acceptors (Lipinski definition) is 3. The third kappa shape index (κ3) is 10.5. The molecular formula is C12H25ClFNO2. The Labute approximate surface area is 110 Å². The SMILES string of the molecule is CCC(F)COC(=O)C[C@@H](CN)CC(C)C.Cl. The van der Waals surface area contributed by atoms with Crippen molar-refractivity contribution in [2.24, 2.45) is 17.6 Å². The highest BCUT2D eigenvalue weighted by Crippen LogP contribution is 2.15. The summed E-state index contributed by atoms with van der Waals surface area (Å²) < 4.78 is 17.7. The van der Waals surface area contributed by atoms with Crippen LogP contribution in [0, 0.1) is 11.8 Å². The Morgan fingerprint density at radius 3 is 2.41 bits per heavy atom. The molecule has 0 heterocycles. The minimum atomic E-state index is -1.05. The first-order chi connectivity index (χ1) is 7.49. The summed E-state index contributed by atoms with van der Waals surface area (Å²) in [7, 11) is 0. The second kappa shape index (κ2) is 10.8. The summed E-state index contributed by atoms with van der Waals surface area (Å²) in [6, 6.07) is 0. The van der Waals surface area contributed by atoms with E-state index < -0.39 is 6.17 Å². The van der Waals surface area contributed by atoms with Gasteiger partial charge in [-0.1, -0.05) is 20.8 Å². The minimum absolute atomic E-state index is 0. The van der Waals surface area contributed by atoms with E-state index in [2.05, 4.69) is 13.8 Å². The van der Waals surface area contributed by atoms with E-state index in [0.29, 0.717) is 25.3 Å². The number of ether oxygens (including phenoxy) is 1. The number of rotatable bonds is 8. The zero-order valence-electron chi connectivity index (χ0n) is 10.9. The summed E-state index contributed by atoms with van der Waals surface area (Å²) >= 11 is 0. The summed E-state index contributed by atoms with van der Waals surface area (Å²) in [6.45, 7) is 6.24. The minimum Gasteiger partial charge on any atom is -0.463 e. The Morgan fingerprint density at radius 2 is 2.00 bits per heavy atom. The Balaban J connectivity index is 0.